The van der Waals surface area contributed by atoms with Crippen molar-refractivity contribution in [3.8, 4) is 5.69 Å². The van der Waals surface area contributed by atoms with Crippen LogP contribution in [0, 0.1) is 18.6 Å². The smallest absolute Gasteiger partial charge is 0.341 e. The SMILES string of the molecule is Cc1ccc(F)cc1-n1nnc(C(=O)N2CCN(c3cc4c(cc3F)c(=O)c(C(=O)O)cn4C3CC3)CC2)c1N. The number of carboxylic acids is 1. The lowest BCUT2D eigenvalue weighted by molar-refractivity contribution is 0.0693. The quantitative estimate of drug-likeness (QED) is 0.387. The van der Waals surface area contributed by atoms with Gasteiger partial charge in [0.25, 0.3) is 5.91 Å². The maximum Gasteiger partial charge on any atom is 0.341 e. The molecule has 40 heavy (non-hydrogen) atoms. The maximum absolute atomic E-state index is 15.3. The largest absolute Gasteiger partial charge is 0.477 e. The number of benzene rings is 2. The molecule has 6 rings (SSSR count). The number of aromatic nitrogens is 4. The lowest BCUT2D eigenvalue weighted by atomic mass is 10.1. The monoisotopic (exact) mass is 549 g/mol. The summed E-state index contributed by atoms with van der Waals surface area (Å²) in [6.07, 6.45) is 3.03. The third-order valence-electron chi connectivity index (χ3n) is 7.49. The average Bonchev–Trinajstić information content (AvgIpc) is 3.71. The van der Waals surface area contributed by atoms with E-state index in [4.69, 9.17) is 5.73 Å². The fourth-order valence-corrected chi connectivity index (χ4v) is 5.14. The van der Waals surface area contributed by atoms with Crippen LogP contribution >= 0.6 is 0 Å². The van der Waals surface area contributed by atoms with E-state index in [1.165, 1.54) is 27.9 Å². The number of piperazine rings is 1. The van der Waals surface area contributed by atoms with Crippen molar-refractivity contribution < 1.29 is 23.5 Å². The minimum Gasteiger partial charge on any atom is -0.477 e. The van der Waals surface area contributed by atoms with Crippen molar-refractivity contribution >= 4 is 34.3 Å². The summed E-state index contributed by atoms with van der Waals surface area (Å²) in [6, 6.07) is 6.89. The van der Waals surface area contributed by atoms with E-state index in [0.29, 0.717) is 29.9 Å². The zero-order valence-corrected chi connectivity index (χ0v) is 21.5. The Morgan fingerprint density at radius 3 is 2.45 bits per heavy atom. The van der Waals surface area contributed by atoms with E-state index < -0.39 is 28.9 Å². The molecule has 2 fully saturated rings. The molecular weight excluding hydrogens is 524 g/mol. The first-order chi connectivity index (χ1) is 19.1. The van der Waals surface area contributed by atoms with Gasteiger partial charge in [-0.25, -0.2) is 13.6 Å². The number of aryl methyl sites for hydroxylation is 1. The molecule has 2 aliphatic rings. The highest BCUT2D eigenvalue weighted by atomic mass is 19.1. The molecule has 1 saturated carbocycles. The summed E-state index contributed by atoms with van der Waals surface area (Å²) in [5.74, 6) is -2.93. The topological polar surface area (TPSA) is 140 Å². The van der Waals surface area contributed by atoms with Crippen molar-refractivity contribution in [1.29, 1.82) is 0 Å². The molecule has 1 saturated heterocycles. The summed E-state index contributed by atoms with van der Waals surface area (Å²) < 4.78 is 32.0. The predicted octanol–water partition coefficient (Wildman–Crippen LogP) is 2.75. The highest BCUT2D eigenvalue weighted by Crippen LogP contribution is 2.38. The van der Waals surface area contributed by atoms with Crippen LogP contribution in [0.2, 0.25) is 0 Å². The van der Waals surface area contributed by atoms with Crippen LogP contribution in [-0.4, -0.2) is 67.6 Å². The molecule has 206 valence electrons. The lowest BCUT2D eigenvalue weighted by Gasteiger charge is -2.36. The molecule has 0 spiro atoms. The Bertz CT molecular complexity index is 1750. The van der Waals surface area contributed by atoms with Gasteiger partial charge < -0.3 is 25.2 Å². The molecule has 2 aromatic carbocycles. The molecule has 13 heteroatoms. The van der Waals surface area contributed by atoms with Gasteiger partial charge in [-0.3, -0.25) is 9.59 Å². The first-order valence-electron chi connectivity index (χ1n) is 12.8. The van der Waals surface area contributed by atoms with Crippen LogP contribution in [-0.2, 0) is 0 Å². The van der Waals surface area contributed by atoms with Gasteiger partial charge in [0.15, 0.2) is 11.5 Å². The van der Waals surface area contributed by atoms with Crippen LogP contribution in [0.4, 0.5) is 20.3 Å². The van der Waals surface area contributed by atoms with Crippen molar-refractivity contribution in [1.82, 2.24) is 24.5 Å². The minimum atomic E-state index is -1.35. The molecule has 1 aliphatic heterocycles. The number of carbonyl (C=O) groups is 2. The molecule has 0 unspecified atom stereocenters. The minimum absolute atomic E-state index is 0.0134. The molecule has 3 heterocycles. The van der Waals surface area contributed by atoms with Crippen LogP contribution in [0.1, 0.15) is 45.3 Å². The van der Waals surface area contributed by atoms with Gasteiger partial charge in [-0.2, -0.15) is 4.68 Å². The Balaban J connectivity index is 1.24. The Morgan fingerprint density at radius 1 is 1.05 bits per heavy atom. The molecule has 0 atom stereocenters. The number of aromatic carboxylic acids is 1. The highest BCUT2D eigenvalue weighted by molar-refractivity contribution is 5.97. The van der Waals surface area contributed by atoms with Gasteiger partial charge in [0.05, 0.1) is 16.9 Å². The van der Waals surface area contributed by atoms with Crippen molar-refractivity contribution in [3.05, 3.63) is 75.2 Å². The average molecular weight is 550 g/mol. The van der Waals surface area contributed by atoms with Crippen LogP contribution < -0.4 is 16.1 Å². The van der Waals surface area contributed by atoms with E-state index >= 15 is 4.39 Å². The van der Waals surface area contributed by atoms with Crippen molar-refractivity contribution in [2.75, 3.05) is 36.8 Å². The highest BCUT2D eigenvalue weighted by Gasteiger charge is 2.30. The van der Waals surface area contributed by atoms with Gasteiger partial charge in [0.2, 0.25) is 5.43 Å². The van der Waals surface area contributed by atoms with E-state index in [9.17, 15) is 23.9 Å². The number of amides is 1. The summed E-state index contributed by atoms with van der Waals surface area (Å²) in [5, 5.41) is 17.4. The fourth-order valence-electron chi connectivity index (χ4n) is 5.14. The molecule has 0 bridgehead atoms. The number of carboxylic acid groups (broad SMARTS) is 1. The standard InChI is InChI=1S/C27H25F2N7O4/c1-14-2-3-15(28)10-20(14)36-25(30)23(31-32-36)26(38)34-8-6-33(7-9-34)22-12-21-17(11-19(22)29)24(37)18(27(39)40)13-35(21)16-4-5-16/h2-3,10-13,16H,4-9,30H2,1H3,(H,39,40). The Kier molecular flexibility index (Phi) is 6.01. The van der Waals surface area contributed by atoms with E-state index in [2.05, 4.69) is 10.3 Å². The van der Waals surface area contributed by atoms with Crippen molar-refractivity contribution in [2.24, 2.45) is 0 Å². The van der Waals surface area contributed by atoms with Crippen LogP contribution in [0.25, 0.3) is 16.6 Å². The van der Waals surface area contributed by atoms with E-state index in [0.717, 1.165) is 18.9 Å². The molecule has 3 N–H and O–H groups in total. The van der Waals surface area contributed by atoms with Gasteiger partial charge in [-0.1, -0.05) is 11.3 Å². The van der Waals surface area contributed by atoms with Gasteiger partial charge >= 0.3 is 5.97 Å². The van der Waals surface area contributed by atoms with Crippen molar-refractivity contribution in [3.63, 3.8) is 0 Å². The number of fused-ring (bicyclic) bond motifs is 1. The molecule has 1 aliphatic carbocycles. The van der Waals surface area contributed by atoms with Crippen LogP contribution in [0.3, 0.4) is 0 Å². The number of nitrogen functional groups attached to an aromatic ring is 1. The van der Waals surface area contributed by atoms with Crippen LogP contribution in [0.15, 0.2) is 41.3 Å². The van der Waals surface area contributed by atoms with Gasteiger partial charge in [-0.15, -0.1) is 5.10 Å². The second-order valence-corrected chi connectivity index (χ2v) is 10.1. The zero-order chi connectivity index (χ0) is 28.3. The molecular formula is C27H25F2N7O4. The Morgan fingerprint density at radius 2 is 1.77 bits per heavy atom. The number of carbonyl (C=O) groups excluding carboxylic acids is 1. The first-order valence-corrected chi connectivity index (χ1v) is 12.8. The zero-order valence-electron chi connectivity index (χ0n) is 21.5. The molecule has 0 radical (unpaired) electrons. The summed E-state index contributed by atoms with van der Waals surface area (Å²) in [6.45, 7) is 2.85. The number of nitrogens with two attached hydrogens (primary N) is 1. The van der Waals surface area contributed by atoms with E-state index in [1.54, 1.807) is 28.5 Å². The number of pyridine rings is 1. The number of hydrogen-bond acceptors (Lipinski definition) is 7. The predicted molar refractivity (Wildman–Crippen MR) is 142 cm³/mol. The number of nitrogens with zero attached hydrogens (tertiary/aromatic N) is 6. The third-order valence-corrected chi connectivity index (χ3v) is 7.49. The second kappa shape index (κ2) is 9.43. The van der Waals surface area contributed by atoms with Crippen LogP contribution in [0.5, 0.6) is 0 Å². The maximum atomic E-state index is 15.3. The summed E-state index contributed by atoms with van der Waals surface area (Å²) >= 11 is 0. The number of anilines is 2. The molecule has 4 aromatic rings. The van der Waals surface area contributed by atoms with Gasteiger partial charge in [0, 0.05) is 43.8 Å². The second-order valence-electron chi connectivity index (χ2n) is 10.1. The first kappa shape index (κ1) is 25.5. The van der Waals surface area contributed by atoms with Crippen molar-refractivity contribution in [2.45, 2.75) is 25.8 Å². The number of rotatable bonds is 5. The normalized spacial score (nSPS) is 15.6. The number of hydrogen-bond donors (Lipinski definition) is 2. The van der Waals surface area contributed by atoms with E-state index in [-0.39, 0.29) is 47.3 Å². The fraction of sp³-hybridized carbons (Fsp3) is 0.296. The Hall–Kier alpha value is -4.81. The third kappa shape index (κ3) is 4.23. The van der Waals surface area contributed by atoms with Gasteiger partial charge in [-0.05, 0) is 49.6 Å². The Labute approximate surface area is 226 Å². The molecule has 1 amide bonds. The molecule has 2 aromatic heterocycles. The lowest BCUT2D eigenvalue weighted by Crippen LogP contribution is -2.49. The summed E-state index contributed by atoms with van der Waals surface area (Å²) in [5.41, 5.74) is 6.84. The van der Waals surface area contributed by atoms with E-state index in [1.807, 2.05) is 0 Å². The van der Waals surface area contributed by atoms with Gasteiger partial charge in [0.1, 0.15) is 17.2 Å². The molecule has 11 nitrogen and oxygen atoms in total. The number of halogens is 2. The summed E-state index contributed by atoms with van der Waals surface area (Å²) in [4.78, 5) is 40.9. The summed E-state index contributed by atoms with van der Waals surface area (Å²) in [7, 11) is 0.